The summed E-state index contributed by atoms with van der Waals surface area (Å²) in [6.45, 7) is 2.91. The summed E-state index contributed by atoms with van der Waals surface area (Å²) in [7, 11) is -4.50. The number of amides is 1. The number of hydrogen-bond acceptors (Lipinski definition) is 4. The van der Waals surface area contributed by atoms with Gasteiger partial charge in [-0.3, -0.25) is 4.52 Å². The summed E-state index contributed by atoms with van der Waals surface area (Å²) >= 11 is 11.6. The Morgan fingerprint density at radius 2 is 1.83 bits per heavy atom. The monoisotopic (exact) mass is 565 g/mol. The fourth-order valence-corrected chi connectivity index (χ4v) is 7.66. The number of nitrogens with zero attached hydrogens (tertiary/aromatic N) is 1. The van der Waals surface area contributed by atoms with E-state index in [1.807, 2.05) is 12.1 Å². The first-order valence-corrected chi connectivity index (χ1v) is 14.2. The Labute approximate surface area is 261 Å². The second kappa shape index (κ2) is 13.5. The van der Waals surface area contributed by atoms with E-state index in [-0.39, 0.29) is 64.5 Å². The van der Waals surface area contributed by atoms with E-state index in [4.69, 9.17) is 32.5 Å². The van der Waals surface area contributed by atoms with Crippen LogP contribution in [0.15, 0.2) is 18.2 Å². The first kappa shape index (κ1) is 32.4. The van der Waals surface area contributed by atoms with Crippen molar-refractivity contribution in [2.24, 2.45) is 17.3 Å². The van der Waals surface area contributed by atoms with Crippen molar-refractivity contribution in [1.29, 1.82) is 0 Å². The summed E-state index contributed by atoms with van der Waals surface area (Å²) in [6.07, 6.45) is 4.55. The molecule has 12 heteroatoms. The number of phosphoric ester groups is 1. The first-order valence-electron chi connectivity index (χ1n) is 11.6. The molecule has 5 atom stereocenters. The molecule has 2 N–H and O–H groups in total. The molecule has 3 aliphatic carbocycles. The molecule has 0 bridgehead atoms. The van der Waals surface area contributed by atoms with Crippen molar-refractivity contribution in [3.8, 4) is 5.75 Å². The fourth-order valence-electron chi connectivity index (χ4n) is 6.58. The van der Waals surface area contributed by atoms with Gasteiger partial charge in [-0.2, -0.15) is 0 Å². The first-order chi connectivity index (χ1) is 15.7. The molecule has 7 nitrogen and oxygen atoms in total. The zero-order valence-corrected chi connectivity index (χ0v) is 27.2. The summed E-state index contributed by atoms with van der Waals surface area (Å²) < 4.78 is 22.3. The standard InChI is InChI=1S/C23H32Cl2NO6P.2Na/c1-23-9-8-18-17-5-3-16(31-22(27)26(12-10-24)13-11-25)14-15(17)2-4-19(18)20(23)6-7-21(23)32-33(28,29)30;;/h3,5,14,18-21H,2,4,6-13H2,1H3,(H2,28,29,30);;/t18?,19-,20+,21-,23-;;/m1../s1. The second-order valence-electron chi connectivity index (χ2n) is 9.72. The number of carbonyl (C=O) groups excluding carboxylic acids is 1. The molecule has 1 aromatic carbocycles. The molecular weight excluding hydrogens is 534 g/mol. The molecule has 1 amide bonds. The van der Waals surface area contributed by atoms with E-state index in [1.54, 1.807) is 0 Å². The van der Waals surface area contributed by atoms with Gasteiger partial charge in [0.2, 0.25) is 0 Å². The molecule has 2 radical (unpaired) electrons. The van der Waals surface area contributed by atoms with Gasteiger partial charge in [-0.25, -0.2) is 9.36 Å². The maximum absolute atomic E-state index is 12.5. The van der Waals surface area contributed by atoms with Gasteiger partial charge in [-0.05, 0) is 85.0 Å². The minimum atomic E-state index is -4.50. The van der Waals surface area contributed by atoms with Gasteiger partial charge in [-0.1, -0.05) is 13.0 Å². The number of rotatable bonds is 7. The van der Waals surface area contributed by atoms with Gasteiger partial charge in [0.15, 0.2) is 0 Å². The van der Waals surface area contributed by atoms with Crippen molar-refractivity contribution in [1.82, 2.24) is 4.90 Å². The zero-order valence-electron chi connectivity index (χ0n) is 20.8. The Morgan fingerprint density at radius 1 is 1.14 bits per heavy atom. The van der Waals surface area contributed by atoms with Crippen LogP contribution in [0.25, 0.3) is 0 Å². The number of phosphoric acid groups is 1. The van der Waals surface area contributed by atoms with Gasteiger partial charge in [0, 0.05) is 84.0 Å². The largest absolute Gasteiger partial charge is 0.469 e. The third-order valence-corrected chi connectivity index (χ3v) is 8.91. The van der Waals surface area contributed by atoms with Crippen LogP contribution in [0.4, 0.5) is 4.79 Å². The summed E-state index contributed by atoms with van der Waals surface area (Å²) in [6, 6.07) is 5.93. The van der Waals surface area contributed by atoms with E-state index in [0.717, 1.165) is 32.1 Å². The fraction of sp³-hybridized carbons (Fsp3) is 0.696. The van der Waals surface area contributed by atoms with Crippen LogP contribution in [0, 0.1) is 17.3 Å². The molecule has 2 saturated carbocycles. The number of alkyl halides is 2. The molecule has 4 rings (SSSR count). The predicted molar refractivity (Wildman–Crippen MR) is 139 cm³/mol. The van der Waals surface area contributed by atoms with E-state index in [1.165, 1.54) is 16.0 Å². The number of ether oxygens (including phenoxy) is 1. The average molecular weight is 566 g/mol. The zero-order chi connectivity index (χ0) is 23.8. The summed E-state index contributed by atoms with van der Waals surface area (Å²) in [5.74, 6) is 2.44. The molecule has 186 valence electrons. The molecule has 0 saturated heterocycles. The Hall–Kier alpha value is 1.18. The van der Waals surface area contributed by atoms with Crippen molar-refractivity contribution in [2.75, 3.05) is 24.8 Å². The number of fused-ring (bicyclic) bond motifs is 5. The maximum atomic E-state index is 12.5. The van der Waals surface area contributed by atoms with Gasteiger partial charge >= 0.3 is 13.9 Å². The molecule has 0 aliphatic heterocycles. The Morgan fingerprint density at radius 3 is 2.46 bits per heavy atom. The third-order valence-electron chi connectivity index (χ3n) is 8.05. The van der Waals surface area contributed by atoms with E-state index in [9.17, 15) is 19.1 Å². The van der Waals surface area contributed by atoms with Crippen LogP contribution in [0.2, 0.25) is 0 Å². The van der Waals surface area contributed by atoms with Gasteiger partial charge < -0.3 is 19.4 Å². The van der Waals surface area contributed by atoms with E-state index in [2.05, 4.69) is 13.0 Å². The Balaban J connectivity index is 0.00000216. The van der Waals surface area contributed by atoms with E-state index >= 15 is 0 Å². The summed E-state index contributed by atoms with van der Waals surface area (Å²) in [5, 5.41) is 0. The van der Waals surface area contributed by atoms with Crippen LogP contribution in [0.3, 0.4) is 0 Å². The summed E-state index contributed by atoms with van der Waals surface area (Å²) in [5.41, 5.74) is 2.32. The van der Waals surface area contributed by atoms with Gasteiger partial charge in [0.25, 0.3) is 0 Å². The number of benzene rings is 1. The Bertz CT molecular complexity index is 931. The number of aryl methyl sites for hydroxylation is 1. The van der Waals surface area contributed by atoms with Crippen LogP contribution < -0.4 is 4.74 Å². The van der Waals surface area contributed by atoms with Crippen LogP contribution in [0.1, 0.15) is 56.1 Å². The Kier molecular flexibility index (Phi) is 12.5. The molecule has 3 aliphatic rings. The van der Waals surface area contributed by atoms with Crippen molar-refractivity contribution >= 4 is 96.2 Å². The van der Waals surface area contributed by atoms with Crippen LogP contribution in [-0.4, -0.2) is 111 Å². The van der Waals surface area contributed by atoms with Crippen LogP contribution in [-0.2, 0) is 15.5 Å². The minimum absolute atomic E-state index is 0. The van der Waals surface area contributed by atoms with Crippen molar-refractivity contribution in [2.45, 2.75) is 57.5 Å². The van der Waals surface area contributed by atoms with E-state index in [0.29, 0.717) is 54.8 Å². The van der Waals surface area contributed by atoms with Crippen molar-refractivity contribution in [3.63, 3.8) is 0 Å². The molecule has 1 aromatic rings. The van der Waals surface area contributed by atoms with Crippen molar-refractivity contribution in [3.05, 3.63) is 29.3 Å². The molecule has 2 fully saturated rings. The maximum Gasteiger partial charge on any atom is 0.469 e. The van der Waals surface area contributed by atoms with E-state index < -0.39 is 20.0 Å². The second-order valence-corrected chi connectivity index (χ2v) is 11.7. The smallest absolute Gasteiger partial charge is 0.410 e. The topological polar surface area (TPSA) is 96.3 Å². The number of hydrogen-bond donors (Lipinski definition) is 2. The minimum Gasteiger partial charge on any atom is -0.410 e. The van der Waals surface area contributed by atoms with Crippen LogP contribution in [0.5, 0.6) is 5.75 Å². The average Bonchev–Trinajstić information content (AvgIpc) is 3.08. The normalized spacial score (nSPS) is 29.1. The molecule has 35 heavy (non-hydrogen) atoms. The molecular formula is C23H32Cl2NNa2O6P. The SMILES string of the molecule is C[C@@]12CCC3c4ccc(OC(=O)N(CCCl)CCCl)cc4CC[C@H]3[C@@H]1CC[C@H]2OP(=O)(O)O.[Na].[Na]. The molecule has 0 aromatic heterocycles. The van der Waals surface area contributed by atoms with Gasteiger partial charge in [0.05, 0.1) is 6.10 Å². The van der Waals surface area contributed by atoms with Crippen LogP contribution >= 0.6 is 31.0 Å². The third kappa shape index (κ3) is 7.23. The van der Waals surface area contributed by atoms with Crippen molar-refractivity contribution < 1.29 is 28.4 Å². The number of halogens is 2. The predicted octanol–water partition coefficient (Wildman–Crippen LogP) is 4.54. The van der Waals surface area contributed by atoms with Gasteiger partial charge in [0.1, 0.15) is 5.75 Å². The molecule has 0 heterocycles. The number of carbonyl (C=O) groups is 1. The summed E-state index contributed by atoms with van der Waals surface area (Å²) in [4.78, 5) is 32.7. The molecule has 0 spiro atoms. The van der Waals surface area contributed by atoms with Gasteiger partial charge in [-0.15, -0.1) is 23.2 Å². The molecule has 1 unspecified atom stereocenters. The quantitative estimate of drug-likeness (QED) is 0.286.